The largest absolute Gasteiger partial charge is 0.314 e. The van der Waals surface area contributed by atoms with E-state index in [1.165, 1.54) is 45.1 Å². The first kappa shape index (κ1) is 11.4. The second-order valence-electron chi connectivity index (χ2n) is 6.36. The Kier molecular flexibility index (Phi) is 3.39. The molecular weight excluding hydrogens is 182 g/mol. The molecular formula is C14H27N. The Hall–Kier alpha value is -0.0400. The fourth-order valence-electron chi connectivity index (χ4n) is 3.32. The minimum atomic E-state index is 0.660. The normalized spacial score (nSPS) is 40.8. The van der Waals surface area contributed by atoms with Gasteiger partial charge in [-0.05, 0) is 43.1 Å². The summed E-state index contributed by atoms with van der Waals surface area (Å²) in [5.74, 6) is 1.99. The third kappa shape index (κ3) is 2.75. The molecule has 3 unspecified atom stereocenters. The van der Waals surface area contributed by atoms with E-state index in [1.807, 2.05) is 0 Å². The van der Waals surface area contributed by atoms with Crippen LogP contribution in [0.25, 0.3) is 0 Å². The molecule has 3 atom stereocenters. The molecule has 0 aromatic rings. The molecule has 1 nitrogen and oxygen atoms in total. The molecule has 1 spiro atoms. The van der Waals surface area contributed by atoms with Crippen molar-refractivity contribution >= 4 is 0 Å². The van der Waals surface area contributed by atoms with Crippen LogP contribution in [0.5, 0.6) is 0 Å². The monoisotopic (exact) mass is 209 g/mol. The van der Waals surface area contributed by atoms with E-state index in [-0.39, 0.29) is 0 Å². The lowest BCUT2D eigenvalue weighted by Gasteiger charge is -2.15. The van der Waals surface area contributed by atoms with E-state index in [2.05, 4.69) is 26.1 Å². The minimum Gasteiger partial charge on any atom is -0.314 e. The standard InChI is InChI=1S/C14H27N/c1-11(2)15-10-13-9-14(13)7-4-5-12(3)6-8-14/h11-13,15H,4-10H2,1-3H3. The molecule has 0 aromatic carbocycles. The third-order valence-electron chi connectivity index (χ3n) is 4.64. The van der Waals surface area contributed by atoms with Gasteiger partial charge in [-0.25, -0.2) is 0 Å². The van der Waals surface area contributed by atoms with Crippen molar-refractivity contribution in [1.82, 2.24) is 5.32 Å². The molecule has 0 saturated heterocycles. The van der Waals surface area contributed by atoms with Gasteiger partial charge in [0.05, 0.1) is 0 Å². The summed E-state index contributed by atoms with van der Waals surface area (Å²) >= 11 is 0. The molecule has 1 heteroatoms. The van der Waals surface area contributed by atoms with Crippen LogP contribution in [0.3, 0.4) is 0 Å². The SMILES string of the molecule is CC1CCCC2(CC1)CC2CNC(C)C. The molecule has 2 saturated carbocycles. The summed E-state index contributed by atoms with van der Waals surface area (Å²) in [6.07, 6.45) is 8.99. The van der Waals surface area contributed by atoms with Crippen LogP contribution in [0.2, 0.25) is 0 Å². The van der Waals surface area contributed by atoms with E-state index >= 15 is 0 Å². The van der Waals surface area contributed by atoms with Crippen molar-refractivity contribution in [2.45, 2.75) is 65.3 Å². The van der Waals surface area contributed by atoms with Gasteiger partial charge in [-0.15, -0.1) is 0 Å². The van der Waals surface area contributed by atoms with E-state index in [0.29, 0.717) is 6.04 Å². The van der Waals surface area contributed by atoms with Crippen LogP contribution >= 0.6 is 0 Å². The highest BCUT2D eigenvalue weighted by Gasteiger charge is 2.52. The van der Waals surface area contributed by atoms with Gasteiger partial charge in [0.15, 0.2) is 0 Å². The maximum Gasteiger partial charge on any atom is 0.00104 e. The van der Waals surface area contributed by atoms with Crippen LogP contribution in [0.1, 0.15) is 59.3 Å². The summed E-state index contributed by atoms with van der Waals surface area (Å²) in [6, 6.07) is 0.660. The van der Waals surface area contributed by atoms with Gasteiger partial charge in [0.1, 0.15) is 0 Å². The average Bonchev–Trinajstić information content (AvgIpc) is 2.89. The van der Waals surface area contributed by atoms with Gasteiger partial charge in [-0.3, -0.25) is 0 Å². The van der Waals surface area contributed by atoms with E-state index in [9.17, 15) is 0 Å². The lowest BCUT2D eigenvalue weighted by molar-refractivity contribution is 0.373. The molecule has 0 radical (unpaired) electrons. The molecule has 15 heavy (non-hydrogen) atoms. The van der Waals surface area contributed by atoms with Crippen LogP contribution < -0.4 is 5.32 Å². The van der Waals surface area contributed by atoms with E-state index in [1.54, 1.807) is 0 Å². The zero-order valence-electron chi connectivity index (χ0n) is 10.7. The highest BCUT2D eigenvalue weighted by molar-refractivity contribution is 5.03. The fraction of sp³-hybridized carbons (Fsp3) is 1.00. The Morgan fingerprint density at radius 1 is 1.27 bits per heavy atom. The number of nitrogens with one attached hydrogen (secondary N) is 1. The molecule has 2 rings (SSSR count). The van der Waals surface area contributed by atoms with Gasteiger partial charge in [0, 0.05) is 6.04 Å². The zero-order valence-corrected chi connectivity index (χ0v) is 10.7. The highest BCUT2D eigenvalue weighted by atomic mass is 14.9. The zero-order chi connectivity index (χ0) is 10.9. The Balaban J connectivity index is 1.78. The van der Waals surface area contributed by atoms with Gasteiger partial charge < -0.3 is 5.32 Å². The number of hydrogen-bond donors (Lipinski definition) is 1. The first-order valence-electron chi connectivity index (χ1n) is 6.86. The van der Waals surface area contributed by atoms with Crippen LogP contribution in [-0.2, 0) is 0 Å². The number of rotatable bonds is 3. The van der Waals surface area contributed by atoms with Gasteiger partial charge in [-0.2, -0.15) is 0 Å². The lowest BCUT2D eigenvalue weighted by atomic mass is 9.93. The Bertz CT molecular complexity index is 211. The highest BCUT2D eigenvalue weighted by Crippen LogP contribution is 2.60. The van der Waals surface area contributed by atoms with Gasteiger partial charge in [-0.1, -0.05) is 40.0 Å². The second-order valence-corrected chi connectivity index (χ2v) is 6.36. The smallest absolute Gasteiger partial charge is 0.00104 e. The predicted octanol–water partition coefficient (Wildman–Crippen LogP) is 3.59. The first-order valence-corrected chi connectivity index (χ1v) is 6.86. The fourth-order valence-corrected chi connectivity index (χ4v) is 3.32. The van der Waals surface area contributed by atoms with E-state index < -0.39 is 0 Å². The van der Waals surface area contributed by atoms with E-state index in [0.717, 1.165) is 17.3 Å². The molecule has 0 heterocycles. The van der Waals surface area contributed by atoms with Crippen LogP contribution in [0.4, 0.5) is 0 Å². The molecule has 1 N–H and O–H groups in total. The van der Waals surface area contributed by atoms with Gasteiger partial charge >= 0.3 is 0 Å². The van der Waals surface area contributed by atoms with Crippen molar-refractivity contribution < 1.29 is 0 Å². The van der Waals surface area contributed by atoms with Crippen LogP contribution in [0.15, 0.2) is 0 Å². The summed E-state index contributed by atoms with van der Waals surface area (Å²) in [5.41, 5.74) is 0.784. The Morgan fingerprint density at radius 3 is 2.80 bits per heavy atom. The Labute approximate surface area is 95.0 Å². The first-order chi connectivity index (χ1) is 7.12. The molecule has 2 aliphatic rings. The van der Waals surface area contributed by atoms with Crippen molar-refractivity contribution in [3.8, 4) is 0 Å². The van der Waals surface area contributed by atoms with Crippen molar-refractivity contribution in [3.05, 3.63) is 0 Å². The molecule has 0 bridgehead atoms. The lowest BCUT2D eigenvalue weighted by Crippen LogP contribution is -2.26. The summed E-state index contributed by atoms with van der Waals surface area (Å²) in [6.45, 7) is 8.21. The summed E-state index contributed by atoms with van der Waals surface area (Å²) in [4.78, 5) is 0. The molecule has 2 fully saturated rings. The summed E-state index contributed by atoms with van der Waals surface area (Å²) in [7, 11) is 0. The van der Waals surface area contributed by atoms with Crippen molar-refractivity contribution in [3.63, 3.8) is 0 Å². The van der Waals surface area contributed by atoms with Gasteiger partial charge in [0.2, 0.25) is 0 Å². The maximum absolute atomic E-state index is 3.61. The third-order valence-corrected chi connectivity index (χ3v) is 4.64. The van der Waals surface area contributed by atoms with Crippen LogP contribution in [-0.4, -0.2) is 12.6 Å². The molecule has 0 amide bonds. The predicted molar refractivity (Wildman–Crippen MR) is 65.9 cm³/mol. The van der Waals surface area contributed by atoms with Crippen molar-refractivity contribution in [1.29, 1.82) is 0 Å². The van der Waals surface area contributed by atoms with Gasteiger partial charge in [0.25, 0.3) is 0 Å². The van der Waals surface area contributed by atoms with Crippen molar-refractivity contribution in [2.75, 3.05) is 6.54 Å². The molecule has 0 aromatic heterocycles. The van der Waals surface area contributed by atoms with Crippen molar-refractivity contribution in [2.24, 2.45) is 17.3 Å². The molecule has 88 valence electrons. The Morgan fingerprint density at radius 2 is 2.07 bits per heavy atom. The van der Waals surface area contributed by atoms with E-state index in [4.69, 9.17) is 0 Å². The minimum absolute atomic E-state index is 0.660. The average molecular weight is 209 g/mol. The maximum atomic E-state index is 3.61. The number of hydrogen-bond acceptors (Lipinski definition) is 1. The topological polar surface area (TPSA) is 12.0 Å². The summed E-state index contributed by atoms with van der Waals surface area (Å²) in [5, 5.41) is 3.61. The van der Waals surface area contributed by atoms with Crippen LogP contribution in [0, 0.1) is 17.3 Å². The second kappa shape index (κ2) is 4.45. The molecule has 0 aliphatic heterocycles. The summed E-state index contributed by atoms with van der Waals surface area (Å²) < 4.78 is 0. The molecule has 2 aliphatic carbocycles. The quantitative estimate of drug-likeness (QED) is 0.749.